The molecule has 4 aromatic rings. The summed E-state index contributed by atoms with van der Waals surface area (Å²) in [4.78, 5) is 22.0. The van der Waals surface area contributed by atoms with E-state index in [4.69, 9.17) is 10.6 Å². The van der Waals surface area contributed by atoms with Crippen LogP contribution in [-0.2, 0) is 15.2 Å². The molecular weight excluding hydrogens is 433 g/mol. The van der Waals surface area contributed by atoms with Crippen LogP contribution < -0.4 is 40.4 Å². The van der Waals surface area contributed by atoms with Crippen molar-refractivity contribution in [1.29, 1.82) is 0 Å². The van der Waals surface area contributed by atoms with Crippen molar-refractivity contribution in [2.45, 2.75) is 5.60 Å². The van der Waals surface area contributed by atoms with E-state index in [2.05, 4.69) is 10.1 Å². The smallest absolute Gasteiger partial charge is 0.543 e. The molecule has 0 radical (unpaired) electrons. The predicted octanol–water partition coefficient (Wildman–Crippen LogP) is 0.192. The number of carboxylic acids is 1. The van der Waals surface area contributed by atoms with Crippen LogP contribution in [0.4, 0.5) is 5.13 Å². The van der Waals surface area contributed by atoms with Crippen molar-refractivity contribution in [1.82, 2.24) is 4.98 Å². The summed E-state index contributed by atoms with van der Waals surface area (Å²) in [6.07, 6.45) is 0. The fourth-order valence-electron chi connectivity index (χ4n) is 3.38. The van der Waals surface area contributed by atoms with E-state index in [1.807, 2.05) is 91.0 Å². The zero-order chi connectivity index (χ0) is 21.7. The van der Waals surface area contributed by atoms with Gasteiger partial charge in [-0.15, -0.1) is 11.3 Å². The van der Waals surface area contributed by atoms with Crippen molar-refractivity contribution in [3.8, 4) is 0 Å². The number of hydrogen-bond acceptors (Lipinski definition) is 7. The topological polar surface area (TPSA) is 101 Å². The van der Waals surface area contributed by atoms with Crippen LogP contribution in [-0.4, -0.2) is 16.7 Å². The Balaban J connectivity index is 0.00000289. The van der Waals surface area contributed by atoms with Crippen molar-refractivity contribution in [2.75, 3.05) is 5.73 Å². The first-order valence-electron chi connectivity index (χ1n) is 9.46. The molecule has 4 rings (SSSR count). The van der Waals surface area contributed by atoms with Gasteiger partial charge in [0.05, 0.1) is 5.97 Å². The molecule has 0 unspecified atom stereocenters. The Hall–Kier alpha value is -2.97. The molecule has 0 aliphatic carbocycles. The average Bonchev–Trinajstić information content (AvgIpc) is 3.24. The van der Waals surface area contributed by atoms with Gasteiger partial charge in [0.15, 0.2) is 10.8 Å². The molecule has 3 aromatic carbocycles. The molecule has 0 atom stereocenters. The Bertz CT molecular complexity index is 1100. The number of nitrogen functional groups attached to an aromatic ring is 1. The van der Waals surface area contributed by atoms with Gasteiger partial charge in [-0.3, -0.25) is 0 Å². The standard InChI is InChI=1S/C24H19N3O3S.Na/c25-23-26-20(16-31-23)21(22(28)29)27-30-24(17-10-4-1-5-11-17,18-12-6-2-7-13-18)19-14-8-3-9-15-19;/h1-16H,(H2,25,26)(H,28,29);/q;+1/p-1. The van der Waals surface area contributed by atoms with Gasteiger partial charge in [-0.2, -0.15) is 0 Å². The number of aromatic nitrogens is 1. The van der Waals surface area contributed by atoms with Crippen molar-refractivity contribution in [2.24, 2.45) is 5.16 Å². The maximum Gasteiger partial charge on any atom is 1.00 e. The quantitative estimate of drug-likeness (QED) is 0.187. The SMILES string of the molecule is Nc1nc(C(=NOC(c2ccccc2)(c2ccccc2)c2ccccc2)C(=O)[O-])cs1.[Na+]. The molecular formula is C24H18N3NaO3S. The Morgan fingerprint density at radius 2 is 1.31 bits per heavy atom. The van der Waals surface area contributed by atoms with E-state index in [9.17, 15) is 9.90 Å². The minimum absolute atomic E-state index is 0. The van der Waals surface area contributed by atoms with E-state index in [0.29, 0.717) is 0 Å². The maximum atomic E-state index is 11.8. The number of rotatable bonds is 7. The van der Waals surface area contributed by atoms with Gasteiger partial charge in [-0.1, -0.05) is 96.2 Å². The molecule has 0 amide bonds. The van der Waals surface area contributed by atoms with Crippen molar-refractivity contribution in [3.05, 3.63) is 119 Å². The molecule has 154 valence electrons. The molecule has 6 nitrogen and oxygen atoms in total. The summed E-state index contributed by atoms with van der Waals surface area (Å²) in [5, 5.41) is 17.6. The number of hydrogen-bond donors (Lipinski definition) is 1. The fourth-order valence-corrected chi connectivity index (χ4v) is 3.92. The molecule has 8 heteroatoms. The number of thiazole rings is 1. The molecule has 0 saturated heterocycles. The summed E-state index contributed by atoms with van der Waals surface area (Å²) in [7, 11) is 0. The predicted molar refractivity (Wildman–Crippen MR) is 118 cm³/mol. The number of nitrogens with zero attached hydrogens (tertiary/aromatic N) is 2. The number of anilines is 1. The van der Waals surface area contributed by atoms with E-state index in [1.54, 1.807) is 0 Å². The first kappa shape index (κ1) is 23.7. The Kier molecular flexibility index (Phi) is 7.82. The third-order valence-electron chi connectivity index (χ3n) is 4.77. The third-order valence-corrected chi connectivity index (χ3v) is 5.45. The zero-order valence-corrected chi connectivity index (χ0v) is 20.2. The van der Waals surface area contributed by atoms with E-state index in [1.165, 1.54) is 5.38 Å². The van der Waals surface area contributed by atoms with Crippen LogP contribution in [0.1, 0.15) is 22.4 Å². The summed E-state index contributed by atoms with van der Waals surface area (Å²) >= 11 is 1.11. The van der Waals surface area contributed by atoms with Gasteiger partial charge in [0, 0.05) is 22.1 Å². The largest absolute Gasteiger partial charge is 1.00 e. The minimum atomic E-state index is -1.51. The summed E-state index contributed by atoms with van der Waals surface area (Å²) < 4.78 is 0. The molecule has 1 aromatic heterocycles. The third kappa shape index (κ3) is 4.76. The van der Waals surface area contributed by atoms with E-state index in [-0.39, 0.29) is 40.4 Å². The second-order valence-electron chi connectivity index (χ2n) is 6.67. The van der Waals surface area contributed by atoms with Gasteiger partial charge in [0.1, 0.15) is 5.69 Å². The number of oxime groups is 1. The molecule has 0 spiro atoms. The van der Waals surface area contributed by atoms with Crippen LogP contribution in [0.15, 0.2) is 102 Å². The molecule has 2 N–H and O–H groups in total. The second-order valence-corrected chi connectivity index (χ2v) is 7.56. The molecule has 0 fully saturated rings. The minimum Gasteiger partial charge on any atom is -0.543 e. The van der Waals surface area contributed by atoms with E-state index < -0.39 is 17.3 Å². The average molecular weight is 451 g/mol. The van der Waals surface area contributed by atoms with Crippen molar-refractivity contribution >= 4 is 28.1 Å². The number of aliphatic carboxylic acids is 1. The number of nitrogens with two attached hydrogens (primary N) is 1. The Morgan fingerprint density at radius 1 is 0.875 bits per heavy atom. The van der Waals surface area contributed by atoms with Gasteiger partial charge < -0.3 is 20.5 Å². The number of carbonyl (C=O) groups is 1. The number of carbonyl (C=O) groups excluding carboxylic acids is 1. The van der Waals surface area contributed by atoms with Gasteiger partial charge in [-0.25, -0.2) is 4.98 Å². The second kappa shape index (κ2) is 10.6. The number of benzene rings is 3. The van der Waals surface area contributed by atoms with Gasteiger partial charge in [0.25, 0.3) is 0 Å². The normalized spacial score (nSPS) is 11.4. The van der Waals surface area contributed by atoms with Gasteiger partial charge in [0.2, 0.25) is 5.60 Å². The molecule has 0 bridgehead atoms. The van der Waals surface area contributed by atoms with Crippen LogP contribution in [0.2, 0.25) is 0 Å². The first-order valence-corrected chi connectivity index (χ1v) is 10.3. The monoisotopic (exact) mass is 451 g/mol. The summed E-state index contributed by atoms with van der Waals surface area (Å²) in [6, 6.07) is 28.5. The molecule has 0 saturated carbocycles. The molecule has 1 heterocycles. The van der Waals surface area contributed by atoms with Crippen molar-refractivity contribution in [3.63, 3.8) is 0 Å². The molecule has 0 aliphatic rings. The van der Waals surface area contributed by atoms with Gasteiger partial charge >= 0.3 is 29.6 Å². The molecule has 32 heavy (non-hydrogen) atoms. The first-order chi connectivity index (χ1) is 15.1. The van der Waals surface area contributed by atoms with Crippen LogP contribution >= 0.6 is 11.3 Å². The van der Waals surface area contributed by atoms with Crippen LogP contribution in [0, 0.1) is 0 Å². The van der Waals surface area contributed by atoms with Crippen LogP contribution in [0.3, 0.4) is 0 Å². The Labute approximate surface area is 211 Å². The summed E-state index contributed by atoms with van der Waals surface area (Å²) in [6.45, 7) is 0. The van der Waals surface area contributed by atoms with Crippen LogP contribution in [0.25, 0.3) is 0 Å². The zero-order valence-electron chi connectivity index (χ0n) is 17.3. The van der Waals surface area contributed by atoms with Crippen molar-refractivity contribution < 1.29 is 44.3 Å². The Morgan fingerprint density at radius 3 is 1.66 bits per heavy atom. The number of carboxylic acid groups (broad SMARTS) is 1. The van der Waals surface area contributed by atoms with E-state index >= 15 is 0 Å². The van der Waals surface area contributed by atoms with Crippen LogP contribution in [0.5, 0.6) is 0 Å². The summed E-state index contributed by atoms with van der Waals surface area (Å²) in [5.74, 6) is -1.51. The fraction of sp³-hybridized carbons (Fsp3) is 0.0417. The van der Waals surface area contributed by atoms with Gasteiger partial charge in [-0.05, 0) is 0 Å². The molecule has 0 aliphatic heterocycles. The van der Waals surface area contributed by atoms with E-state index in [0.717, 1.165) is 28.0 Å². The summed E-state index contributed by atoms with van der Waals surface area (Å²) in [5.41, 5.74) is 6.48. The maximum absolute atomic E-state index is 11.8.